The standard InChI is InChI=1S/C17H28N4O3/c1-17(2,3)16-19-13(24-20-16)9-7-10-14(22)21-11-6-5-8-12(21)15(23)18-4/h12H,5-11H2,1-4H3,(H,18,23)/t12-/m1/s1. The summed E-state index contributed by atoms with van der Waals surface area (Å²) in [4.78, 5) is 30.5. The molecule has 1 saturated heterocycles. The number of amides is 2. The third-order valence-electron chi connectivity index (χ3n) is 4.29. The maximum absolute atomic E-state index is 12.5. The summed E-state index contributed by atoms with van der Waals surface area (Å²) in [5.74, 6) is 1.20. The van der Waals surface area contributed by atoms with Crippen LogP contribution in [0.1, 0.15) is 64.6 Å². The van der Waals surface area contributed by atoms with Crippen LogP contribution in [0.25, 0.3) is 0 Å². The molecule has 1 N–H and O–H groups in total. The lowest BCUT2D eigenvalue weighted by Crippen LogP contribution is -2.51. The molecule has 7 heteroatoms. The van der Waals surface area contributed by atoms with Gasteiger partial charge in [-0.25, -0.2) is 0 Å². The Kier molecular flexibility index (Phi) is 5.96. The molecule has 1 aliphatic rings. The first-order chi connectivity index (χ1) is 11.3. The van der Waals surface area contributed by atoms with Crippen LogP contribution in [0.2, 0.25) is 0 Å². The molecule has 7 nitrogen and oxygen atoms in total. The first-order valence-corrected chi connectivity index (χ1v) is 8.67. The Bertz CT molecular complexity index is 577. The quantitative estimate of drug-likeness (QED) is 0.886. The molecule has 1 aromatic rings. The minimum atomic E-state index is -0.327. The van der Waals surface area contributed by atoms with Crippen LogP contribution in [-0.4, -0.2) is 46.5 Å². The van der Waals surface area contributed by atoms with Gasteiger partial charge in [-0.3, -0.25) is 9.59 Å². The first-order valence-electron chi connectivity index (χ1n) is 8.67. The summed E-state index contributed by atoms with van der Waals surface area (Å²) in [5, 5.41) is 6.64. The van der Waals surface area contributed by atoms with E-state index in [4.69, 9.17) is 4.52 Å². The van der Waals surface area contributed by atoms with Crippen LogP contribution in [-0.2, 0) is 21.4 Å². The second-order valence-electron chi connectivity index (χ2n) is 7.33. The van der Waals surface area contributed by atoms with E-state index in [0.717, 1.165) is 19.3 Å². The van der Waals surface area contributed by atoms with Crippen LogP contribution >= 0.6 is 0 Å². The number of likely N-dealkylation sites (tertiary alicyclic amines) is 1. The molecule has 2 amide bonds. The van der Waals surface area contributed by atoms with Gasteiger partial charge in [-0.05, 0) is 25.7 Å². The largest absolute Gasteiger partial charge is 0.357 e. The molecule has 0 bridgehead atoms. The summed E-state index contributed by atoms with van der Waals surface area (Å²) in [6.45, 7) is 6.74. The fourth-order valence-corrected chi connectivity index (χ4v) is 2.86. The van der Waals surface area contributed by atoms with Crippen molar-refractivity contribution < 1.29 is 14.1 Å². The molecular formula is C17H28N4O3. The molecule has 1 fully saturated rings. The zero-order chi connectivity index (χ0) is 17.7. The SMILES string of the molecule is CNC(=O)[C@H]1CCCCN1C(=O)CCCc1nc(C(C)(C)C)no1. The molecule has 0 saturated carbocycles. The van der Waals surface area contributed by atoms with Gasteiger partial charge in [0, 0.05) is 31.8 Å². The Labute approximate surface area is 143 Å². The van der Waals surface area contributed by atoms with Crippen molar-refractivity contribution in [2.75, 3.05) is 13.6 Å². The average molecular weight is 336 g/mol. The van der Waals surface area contributed by atoms with Crippen molar-refractivity contribution in [3.8, 4) is 0 Å². The topological polar surface area (TPSA) is 88.3 Å². The smallest absolute Gasteiger partial charge is 0.242 e. The highest BCUT2D eigenvalue weighted by atomic mass is 16.5. The third-order valence-corrected chi connectivity index (χ3v) is 4.29. The normalized spacial score (nSPS) is 18.5. The van der Waals surface area contributed by atoms with Crippen molar-refractivity contribution in [3.05, 3.63) is 11.7 Å². The number of likely N-dealkylation sites (N-methyl/N-ethyl adjacent to an activating group) is 1. The van der Waals surface area contributed by atoms with E-state index in [1.807, 2.05) is 20.8 Å². The maximum Gasteiger partial charge on any atom is 0.242 e. The van der Waals surface area contributed by atoms with Gasteiger partial charge < -0.3 is 14.7 Å². The van der Waals surface area contributed by atoms with E-state index in [2.05, 4.69) is 15.5 Å². The number of aromatic nitrogens is 2. The molecular weight excluding hydrogens is 308 g/mol. The Morgan fingerprint density at radius 2 is 2.08 bits per heavy atom. The van der Waals surface area contributed by atoms with E-state index < -0.39 is 0 Å². The van der Waals surface area contributed by atoms with E-state index >= 15 is 0 Å². The summed E-state index contributed by atoms with van der Waals surface area (Å²) in [5.41, 5.74) is -0.147. The van der Waals surface area contributed by atoms with Gasteiger partial charge in [0.2, 0.25) is 17.7 Å². The second kappa shape index (κ2) is 7.77. The van der Waals surface area contributed by atoms with Gasteiger partial charge in [0.05, 0.1) is 0 Å². The van der Waals surface area contributed by atoms with Gasteiger partial charge in [-0.1, -0.05) is 25.9 Å². The summed E-state index contributed by atoms with van der Waals surface area (Å²) in [6.07, 6.45) is 4.29. The Morgan fingerprint density at radius 3 is 2.71 bits per heavy atom. The fourth-order valence-electron chi connectivity index (χ4n) is 2.86. The molecule has 0 radical (unpaired) electrons. The Morgan fingerprint density at radius 1 is 1.33 bits per heavy atom. The predicted octanol–water partition coefficient (Wildman–Crippen LogP) is 1.82. The van der Waals surface area contributed by atoms with Gasteiger partial charge in [0.1, 0.15) is 6.04 Å². The maximum atomic E-state index is 12.5. The van der Waals surface area contributed by atoms with Gasteiger partial charge in [-0.15, -0.1) is 0 Å². The minimum Gasteiger partial charge on any atom is -0.357 e. The predicted molar refractivity (Wildman–Crippen MR) is 89.4 cm³/mol. The number of nitrogens with one attached hydrogen (secondary N) is 1. The summed E-state index contributed by atoms with van der Waals surface area (Å²) >= 11 is 0. The molecule has 1 aromatic heterocycles. The number of rotatable bonds is 5. The van der Waals surface area contributed by atoms with E-state index in [0.29, 0.717) is 37.5 Å². The molecule has 2 rings (SSSR count). The molecule has 1 atom stereocenters. The monoisotopic (exact) mass is 336 g/mol. The van der Waals surface area contributed by atoms with Crippen molar-refractivity contribution in [3.63, 3.8) is 0 Å². The molecule has 0 unspecified atom stereocenters. The number of carbonyl (C=O) groups excluding carboxylic acids is 2. The lowest BCUT2D eigenvalue weighted by atomic mass is 9.96. The number of piperidine rings is 1. The number of aryl methyl sites for hydroxylation is 1. The molecule has 24 heavy (non-hydrogen) atoms. The minimum absolute atomic E-state index is 0.0267. The number of nitrogens with zero attached hydrogens (tertiary/aromatic N) is 3. The van der Waals surface area contributed by atoms with Crippen LogP contribution < -0.4 is 5.32 Å². The van der Waals surface area contributed by atoms with Crippen LogP contribution in [0.4, 0.5) is 0 Å². The second-order valence-corrected chi connectivity index (χ2v) is 7.33. The average Bonchev–Trinajstić information content (AvgIpc) is 3.03. The molecule has 0 aromatic carbocycles. The van der Waals surface area contributed by atoms with Crippen LogP contribution in [0.3, 0.4) is 0 Å². The van der Waals surface area contributed by atoms with E-state index in [9.17, 15) is 9.59 Å². The van der Waals surface area contributed by atoms with E-state index in [1.165, 1.54) is 0 Å². The Balaban J connectivity index is 1.86. The van der Waals surface area contributed by atoms with Crippen molar-refractivity contribution in [1.29, 1.82) is 0 Å². The summed E-state index contributed by atoms with van der Waals surface area (Å²) < 4.78 is 5.25. The lowest BCUT2D eigenvalue weighted by Gasteiger charge is -2.34. The third kappa shape index (κ3) is 4.55. The van der Waals surface area contributed by atoms with Crippen molar-refractivity contribution in [2.45, 2.75) is 70.8 Å². The molecule has 0 spiro atoms. The zero-order valence-corrected chi connectivity index (χ0v) is 15.1. The molecule has 1 aliphatic heterocycles. The van der Waals surface area contributed by atoms with Crippen LogP contribution in [0, 0.1) is 0 Å². The molecule has 2 heterocycles. The highest BCUT2D eigenvalue weighted by molar-refractivity contribution is 5.87. The molecule has 0 aliphatic carbocycles. The summed E-state index contributed by atoms with van der Waals surface area (Å²) in [6, 6.07) is -0.327. The Hall–Kier alpha value is -1.92. The van der Waals surface area contributed by atoms with Crippen molar-refractivity contribution in [1.82, 2.24) is 20.4 Å². The van der Waals surface area contributed by atoms with Crippen molar-refractivity contribution in [2.24, 2.45) is 0 Å². The van der Waals surface area contributed by atoms with Gasteiger partial charge in [0.15, 0.2) is 5.82 Å². The highest BCUT2D eigenvalue weighted by Gasteiger charge is 2.31. The van der Waals surface area contributed by atoms with Crippen molar-refractivity contribution >= 4 is 11.8 Å². The number of carbonyl (C=O) groups is 2. The lowest BCUT2D eigenvalue weighted by molar-refractivity contribution is -0.142. The number of hydrogen-bond donors (Lipinski definition) is 1. The molecule has 134 valence electrons. The summed E-state index contributed by atoms with van der Waals surface area (Å²) in [7, 11) is 1.61. The highest BCUT2D eigenvalue weighted by Crippen LogP contribution is 2.20. The van der Waals surface area contributed by atoms with E-state index in [1.54, 1.807) is 11.9 Å². The fraction of sp³-hybridized carbons (Fsp3) is 0.765. The van der Waals surface area contributed by atoms with Gasteiger partial charge >= 0.3 is 0 Å². The first kappa shape index (κ1) is 18.4. The van der Waals surface area contributed by atoms with E-state index in [-0.39, 0.29) is 23.3 Å². The number of hydrogen-bond acceptors (Lipinski definition) is 5. The van der Waals surface area contributed by atoms with Gasteiger partial charge in [-0.2, -0.15) is 4.98 Å². The van der Waals surface area contributed by atoms with Gasteiger partial charge in [0.25, 0.3) is 0 Å². The van der Waals surface area contributed by atoms with Crippen LogP contribution in [0.5, 0.6) is 0 Å². The zero-order valence-electron chi connectivity index (χ0n) is 15.1. The van der Waals surface area contributed by atoms with Crippen LogP contribution in [0.15, 0.2) is 4.52 Å².